The summed E-state index contributed by atoms with van der Waals surface area (Å²) >= 11 is 0. The maximum Gasteiger partial charge on any atom is 0.303 e. The van der Waals surface area contributed by atoms with Crippen LogP contribution in [0.3, 0.4) is 0 Å². The molecule has 0 heterocycles. The van der Waals surface area contributed by atoms with Gasteiger partial charge in [-0.1, -0.05) is 50.0 Å². The first-order valence-electron chi connectivity index (χ1n) is 8.97. The van der Waals surface area contributed by atoms with Crippen LogP contribution in [0.5, 0.6) is 0 Å². The smallest absolute Gasteiger partial charge is 0.303 e. The Morgan fingerprint density at radius 2 is 2.22 bits per heavy atom. The number of aliphatic hydroxyl groups is 2. The monoisotopic (exact) mass is 322 g/mol. The van der Waals surface area contributed by atoms with Gasteiger partial charge >= 0.3 is 5.97 Å². The maximum atomic E-state index is 10.7. The van der Waals surface area contributed by atoms with Crippen molar-refractivity contribution in [1.29, 1.82) is 0 Å². The zero-order valence-electron chi connectivity index (χ0n) is 14.0. The number of hydrogen-bond acceptors (Lipinski definition) is 3. The lowest BCUT2D eigenvalue weighted by Gasteiger charge is -2.18. The summed E-state index contributed by atoms with van der Waals surface area (Å²) in [6, 6.07) is 0. The molecule has 0 aromatic rings. The molecule has 5 atom stereocenters. The van der Waals surface area contributed by atoms with E-state index in [0.717, 1.165) is 38.5 Å². The molecule has 0 aromatic heterocycles. The lowest BCUT2D eigenvalue weighted by atomic mass is 9.88. The van der Waals surface area contributed by atoms with E-state index in [4.69, 9.17) is 5.11 Å². The Morgan fingerprint density at radius 1 is 1.43 bits per heavy atom. The second kappa shape index (κ2) is 8.65. The van der Waals surface area contributed by atoms with Crippen LogP contribution in [0.25, 0.3) is 0 Å². The van der Waals surface area contributed by atoms with E-state index in [2.05, 4.69) is 13.0 Å². The lowest BCUT2D eigenvalue weighted by molar-refractivity contribution is -0.136. The zero-order valence-corrected chi connectivity index (χ0v) is 14.0. The van der Waals surface area contributed by atoms with Crippen LogP contribution >= 0.6 is 0 Å². The van der Waals surface area contributed by atoms with Crippen LogP contribution in [-0.2, 0) is 4.79 Å². The quantitative estimate of drug-likeness (QED) is 0.449. The van der Waals surface area contributed by atoms with Crippen LogP contribution in [-0.4, -0.2) is 33.5 Å². The van der Waals surface area contributed by atoms with Gasteiger partial charge in [-0.25, -0.2) is 0 Å². The fraction of sp³-hybridized carbons (Fsp3) is 0.737. The minimum absolute atomic E-state index is 0.0828. The summed E-state index contributed by atoms with van der Waals surface area (Å²) < 4.78 is 0. The van der Waals surface area contributed by atoms with E-state index in [0.29, 0.717) is 18.3 Å². The highest BCUT2D eigenvalue weighted by Gasteiger charge is 2.43. The molecule has 4 heteroatoms. The molecule has 1 fully saturated rings. The van der Waals surface area contributed by atoms with Crippen LogP contribution in [0, 0.1) is 17.8 Å². The van der Waals surface area contributed by atoms with Gasteiger partial charge in [-0.05, 0) is 37.5 Å². The summed E-state index contributed by atoms with van der Waals surface area (Å²) in [5.74, 6) is 0.0580. The normalized spacial score (nSPS) is 31.3. The third-order valence-corrected chi connectivity index (χ3v) is 5.27. The maximum absolute atomic E-state index is 10.7. The van der Waals surface area contributed by atoms with Gasteiger partial charge in [0.25, 0.3) is 0 Å². The third-order valence-electron chi connectivity index (χ3n) is 5.27. The van der Waals surface area contributed by atoms with Gasteiger partial charge in [0, 0.05) is 12.3 Å². The molecule has 2 rings (SSSR count). The molecule has 130 valence electrons. The number of carboxylic acid groups (broad SMARTS) is 1. The van der Waals surface area contributed by atoms with Gasteiger partial charge in [0.1, 0.15) is 0 Å². The lowest BCUT2D eigenvalue weighted by Crippen LogP contribution is -2.18. The molecule has 0 radical (unpaired) electrons. The molecule has 0 aromatic carbocycles. The summed E-state index contributed by atoms with van der Waals surface area (Å²) in [5, 5.41) is 29.1. The van der Waals surface area contributed by atoms with Gasteiger partial charge in [0.05, 0.1) is 12.2 Å². The molecular weight excluding hydrogens is 292 g/mol. The van der Waals surface area contributed by atoms with E-state index < -0.39 is 12.1 Å². The average Bonchev–Trinajstić information content (AvgIpc) is 3.00. The summed E-state index contributed by atoms with van der Waals surface area (Å²) in [6.07, 6.45) is 11.8. The molecule has 23 heavy (non-hydrogen) atoms. The minimum atomic E-state index is -0.755. The van der Waals surface area contributed by atoms with Gasteiger partial charge < -0.3 is 15.3 Å². The van der Waals surface area contributed by atoms with Crippen molar-refractivity contribution in [3.05, 3.63) is 23.8 Å². The first-order chi connectivity index (χ1) is 11.0. The van der Waals surface area contributed by atoms with Crippen LogP contribution < -0.4 is 0 Å². The van der Waals surface area contributed by atoms with Crippen molar-refractivity contribution in [1.82, 2.24) is 0 Å². The fourth-order valence-corrected chi connectivity index (χ4v) is 4.01. The van der Waals surface area contributed by atoms with Crippen LogP contribution in [0.1, 0.15) is 58.3 Å². The van der Waals surface area contributed by atoms with E-state index in [9.17, 15) is 15.0 Å². The van der Waals surface area contributed by atoms with Crippen molar-refractivity contribution in [3.8, 4) is 0 Å². The van der Waals surface area contributed by atoms with E-state index >= 15 is 0 Å². The second-order valence-corrected chi connectivity index (χ2v) is 7.08. The molecule has 0 saturated heterocycles. The number of fused-ring (bicyclic) bond motifs is 1. The molecule has 0 amide bonds. The van der Waals surface area contributed by atoms with Crippen molar-refractivity contribution >= 4 is 5.97 Å². The highest BCUT2D eigenvalue weighted by molar-refractivity contribution is 5.67. The van der Waals surface area contributed by atoms with Crippen LogP contribution in [0.2, 0.25) is 0 Å². The number of allylic oxidation sites excluding steroid dienone is 2. The first-order valence-corrected chi connectivity index (χ1v) is 8.97. The van der Waals surface area contributed by atoms with Crippen molar-refractivity contribution in [2.24, 2.45) is 17.8 Å². The van der Waals surface area contributed by atoms with Crippen molar-refractivity contribution in [2.45, 2.75) is 70.5 Å². The molecule has 2 aliphatic carbocycles. The zero-order chi connectivity index (χ0) is 16.8. The highest BCUT2D eigenvalue weighted by Crippen LogP contribution is 2.48. The Balaban J connectivity index is 1.85. The number of aliphatic carboxylic acids is 1. The fourth-order valence-electron chi connectivity index (χ4n) is 4.01. The molecule has 0 aliphatic heterocycles. The summed E-state index contributed by atoms with van der Waals surface area (Å²) in [5.41, 5.74) is 1.22. The number of hydrogen-bond donors (Lipinski definition) is 3. The molecule has 1 saturated carbocycles. The molecule has 0 bridgehead atoms. The predicted molar refractivity (Wildman–Crippen MR) is 90.0 cm³/mol. The van der Waals surface area contributed by atoms with E-state index in [-0.39, 0.29) is 18.4 Å². The molecular formula is C19H30O4. The first kappa shape index (κ1) is 18.2. The van der Waals surface area contributed by atoms with Gasteiger partial charge in [-0.3, -0.25) is 4.79 Å². The summed E-state index contributed by atoms with van der Waals surface area (Å²) in [7, 11) is 0. The standard InChI is InChI=1S/C19H30O4/c1-2-3-4-5-15(20)7-8-16-17-11-13(6-9-19(22)23)10-14(17)12-18(16)21/h7-8,10,14-18,20-21H,2-6,9,11-12H2,1H3,(H,22,23)/b8-7+/t14-,15-,16+,17-,18+/m0/s1. The minimum Gasteiger partial charge on any atom is -0.481 e. The number of rotatable bonds is 9. The van der Waals surface area contributed by atoms with E-state index in [1.165, 1.54) is 5.57 Å². The Hall–Kier alpha value is -1.13. The van der Waals surface area contributed by atoms with E-state index in [1.807, 2.05) is 12.2 Å². The SMILES string of the molecule is CCCCC[C@H](O)/C=C/[C@@H]1[C@H]2CC(CCC(=O)O)=C[C@H]2C[C@H]1O. The number of aliphatic hydroxyl groups excluding tert-OH is 2. The Labute approximate surface area is 138 Å². The van der Waals surface area contributed by atoms with Crippen molar-refractivity contribution < 1.29 is 20.1 Å². The van der Waals surface area contributed by atoms with Crippen LogP contribution in [0.15, 0.2) is 23.8 Å². The summed E-state index contributed by atoms with van der Waals surface area (Å²) in [4.78, 5) is 10.7. The highest BCUT2D eigenvalue weighted by atomic mass is 16.4. The molecule has 4 nitrogen and oxygen atoms in total. The summed E-state index contributed by atoms with van der Waals surface area (Å²) in [6.45, 7) is 2.15. The topological polar surface area (TPSA) is 77.8 Å². The van der Waals surface area contributed by atoms with Crippen molar-refractivity contribution in [2.75, 3.05) is 0 Å². The largest absolute Gasteiger partial charge is 0.481 e. The second-order valence-electron chi connectivity index (χ2n) is 7.08. The van der Waals surface area contributed by atoms with Crippen molar-refractivity contribution in [3.63, 3.8) is 0 Å². The molecule has 2 aliphatic rings. The van der Waals surface area contributed by atoms with Crippen LogP contribution in [0.4, 0.5) is 0 Å². The number of carbonyl (C=O) groups is 1. The van der Waals surface area contributed by atoms with Gasteiger partial charge in [0.2, 0.25) is 0 Å². The molecule has 0 unspecified atom stereocenters. The number of unbranched alkanes of at least 4 members (excludes halogenated alkanes) is 2. The Kier molecular flexibility index (Phi) is 6.85. The van der Waals surface area contributed by atoms with Gasteiger partial charge in [-0.15, -0.1) is 0 Å². The number of carboxylic acids is 1. The Bertz CT molecular complexity index is 454. The molecule has 3 N–H and O–H groups in total. The Morgan fingerprint density at radius 3 is 2.91 bits per heavy atom. The van der Waals surface area contributed by atoms with E-state index in [1.54, 1.807) is 0 Å². The average molecular weight is 322 g/mol. The molecule has 0 spiro atoms. The van der Waals surface area contributed by atoms with Gasteiger partial charge in [0.15, 0.2) is 0 Å². The van der Waals surface area contributed by atoms with Gasteiger partial charge in [-0.2, -0.15) is 0 Å². The third kappa shape index (κ3) is 5.18. The predicted octanol–water partition coefficient (Wildman–Crippen LogP) is 3.29.